The van der Waals surface area contributed by atoms with E-state index in [-0.39, 0.29) is 22.8 Å². The van der Waals surface area contributed by atoms with Crippen LogP contribution in [0.15, 0.2) is 24.5 Å². The molecule has 0 saturated heterocycles. The van der Waals surface area contributed by atoms with E-state index in [1.165, 1.54) is 0 Å². The molecule has 0 heterocycles. The van der Waals surface area contributed by atoms with Gasteiger partial charge >= 0.3 is 5.97 Å². The average molecular weight is 396 g/mol. The fraction of sp³-hybridized carbons (Fsp3) is 0.714. The van der Waals surface area contributed by atoms with E-state index in [9.17, 15) is 9.59 Å². The zero-order valence-electron chi connectivity index (χ0n) is 18.3. The molecule has 1 amide bonds. The van der Waals surface area contributed by atoms with Gasteiger partial charge in [-0.1, -0.05) is 32.9 Å². The number of allylic oxidation sites excluding steroid dienone is 2. The molecule has 0 aromatic heterocycles. The molecule has 2 atom stereocenters. The van der Waals surface area contributed by atoms with Gasteiger partial charge in [-0.2, -0.15) is 0 Å². The third-order valence-electron chi connectivity index (χ3n) is 5.78. The molecule has 0 radical (unpaired) electrons. The Kier molecular flexibility index (Phi) is 7.90. The van der Waals surface area contributed by atoms with Gasteiger partial charge in [-0.15, -0.1) is 0 Å². The smallest absolute Gasteiger partial charge is 0.316 e. The molecule has 1 saturated carbocycles. The Balaban J connectivity index is 2.87. The van der Waals surface area contributed by atoms with Crippen molar-refractivity contribution in [3.05, 3.63) is 24.5 Å². The highest BCUT2D eigenvalue weighted by atomic mass is 28.4. The molecule has 0 bridgehead atoms. The van der Waals surface area contributed by atoms with Crippen molar-refractivity contribution in [3.63, 3.8) is 0 Å². The normalized spacial score (nSPS) is 22.9. The van der Waals surface area contributed by atoms with Crippen molar-refractivity contribution < 1.29 is 18.8 Å². The molecule has 0 aromatic carbocycles. The summed E-state index contributed by atoms with van der Waals surface area (Å²) in [6.45, 7) is 18.2. The van der Waals surface area contributed by atoms with Crippen LogP contribution < -0.4 is 0 Å². The zero-order valence-corrected chi connectivity index (χ0v) is 19.3. The highest BCUT2D eigenvalue weighted by Crippen LogP contribution is 2.55. The van der Waals surface area contributed by atoms with E-state index >= 15 is 0 Å². The van der Waals surface area contributed by atoms with Gasteiger partial charge in [0.2, 0.25) is 14.2 Å². The van der Waals surface area contributed by atoms with Gasteiger partial charge in [-0.3, -0.25) is 9.59 Å². The number of amides is 1. The van der Waals surface area contributed by atoms with Crippen LogP contribution in [0.2, 0.25) is 18.1 Å². The first-order valence-corrected chi connectivity index (χ1v) is 12.9. The van der Waals surface area contributed by atoms with Gasteiger partial charge in [0.05, 0.1) is 24.2 Å². The first-order chi connectivity index (χ1) is 12.5. The van der Waals surface area contributed by atoms with Gasteiger partial charge in [-0.25, -0.2) is 0 Å². The number of carbonyl (C=O) groups is 2. The summed E-state index contributed by atoms with van der Waals surface area (Å²) >= 11 is 0. The maximum atomic E-state index is 12.7. The maximum Gasteiger partial charge on any atom is 0.316 e. The number of hydrogen-bond donors (Lipinski definition) is 0. The molecule has 6 heteroatoms. The molecule has 0 spiro atoms. The second kappa shape index (κ2) is 9.09. The predicted octanol–water partition coefficient (Wildman–Crippen LogP) is 4.52. The van der Waals surface area contributed by atoms with Crippen LogP contribution in [-0.2, 0) is 18.8 Å². The Morgan fingerprint density at radius 1 is 1.15 bits per heavy atom. The van der Waals surface area contributed by atoms with E-state index < -0.39 is 13.7 Å². The molecule has 1 aliphatic rings. The summed E-state index contributed by atoms with van der Waals surface area (Å²) in [5, 5.41) is 0.130. The zero-order chi connectivity index (χ0) is 20.9. The lowest BCUT2D eigenvalue weighted by Crippen LogP contribution is -2.39. The average Bonchev–Trinajstić information content (AvgIpc) is 3.30. The quantitative estimate of drug-likeness (QED) is 0.249. The molecule has 154 valence electrons. The lowest BCUT2D eigenvalue weighted by Gasteiger charge is -2.34. The van der Waals surface area contributed by atoms with E-state index in [2.05, 4.69) is 33.9 Å². The van der Waals surface area contributed by atoms with Gasteiger partial charge in [-0.05, 0) is 51.4 Å². The Morgan fingerprint density at radius 3 is 2.22 bits per heavy atom. The van der Waals surface area contributed by atoms with E-state index in [4.69, 9.17) is 9.16 Å². The standard InChI is InChI=1S/C21H37NO4Si/c1-9-22(10-2)18(23)17-16-21(17,19(24)25-11-3)14-12-13-15-26-27(7,8)20(4,5)6/h12-15,17H,9-11,16H2,1-8H3/b14-12-,15-13+/t17-,21-/m1/s1. The van der Waals surface area contributed by atoms with Gasteiger partial charge in [0.1, 0.15) is 0 Å². The molecule has 0 aliphatic heterocycles. The predicted molar refractivity (Wildman–Crippen MR) is 112 cm³/mol. The fourth-order valence-electron chi connectivity index (χ4n) is 2.74. The minimum atomic E-state index is -1.85. The summed E-state index contributed by atoms with van der Waals surface area (Å²) in [5.41, 5.74) is -0.836. The second-order valence-electron chi connectivity index (χ2n) is 8.59. The maximum absolute atomic E-state index is 12.7. The largest absolute Gasteiger partial charge is 0.549 e. The lowest BCUT2D eigenvalue weighted by atomic mass is 10.0. The van der Waals surface area contributed by atoms with Crippen LogP contribution in [0.3, 0.4) is 0 Å². The van der Waals surface area contributed by atoms with Crippen molar-refractivity contribution in [1.82, 2.24) is 4.90 Å². The molecule has 0 N–H and O–H groups in total. The molecular weight excluding hydrogens is 358 g/mol. The van der Waals surface area contributed by atoms with Crippen LogP contribution in [0, 0.1) is 11.3 Å². The van der Waals surface area contributed by atoms with Crippen molar-refractivity contribution in [3.8, 4) is 0 Å². The first kappa shape index (κ1) is 23.5. The molecular formula is C21H37NO4Si. The summed E-state index contributed by atoms with van der Waals surface area (Å²) in [6.07, 6.45) is 7.63. The Bertz CT molecular complexity index is 587. The van der Waals surface area contributed by atoms with Crippen molar-refractivity contribution >= 4 is 20.2 Å². The number of nitrogens with zero attached hydrogens (tertiary/aromatic N) is 1. The van der Waals surface area contributed by atoms with Crippen LogP contribution in [0.25, 0.3) is 0 Å². The molecule has 0 unspecified atom stereocenters. The fourth-order valence-corrected chi connectivity index (χ4v) is 3.52. The second-order valence-corrected chi connectivity index (χ2v) is 13.4. The van der Waals surface area contributed by atoms with Crippen molar-refractivity contribution in [1.29, 1.82) is 0 Å². The van der Waals surface area contributed by atoms with Gasteiger partial charge in [0.15, 0.2) is 0 Å². The summed E-state index contributed by atoms with van der Waals surface area (Å²) in [4.78, 5) is 26.9. The summed E-state index contributed by atoms with van der Waals surface area (Å²) in [6, 6.07) is 0. The van der Waals surface area contributed by atoms with Crippen LogP contribution in [0.1, 0.15) is 48.0 Å². The number of hydrogen-bond acceptors (Lipinski definition) is 4. The Labute approximate surface area is 165 Å². The number of esters is 1. The van der Waals surface area contributed by atoms with Crippen molar-refractivity contribution in [2.24, 2.45) is 11.3 Å². The minimum absolute atomic E-state index is 0.0270. The van der Waals surface area contributed by atoms with Gasteiger partial charge in [0.25, 0.3) is 0 Å². The summed E-state index contributed by atoms with van der Waals surface area (Å²) in [7, 11) is -1.85. The van der Waals surface area contributed by atoms with E-state index in [1.54, 1.807) is 30.2 Å². The SMILES string of the molecule is CCOC(=O)[C@]1(/C=C\C=C\O[Si](C)(C)C(C)(C)C)C[C@@H]1C(=O)N(CC)CC. The van der Waals surface area contributed by atoms with Crippen LogP contribution >= 0.6 is 0 Å². The molecule has 27 heavy (non-hydrogen) atoms. The third-order valence-corrected chi connectivity index (χ3v) is 10.1. The topological polar surface area (TPSA) is 55.8 Å². The number of carbonyl (C=O) groups excluding carboxylic acids is 2. The molecule has 1 fully saturated rings. The summed E-state index contributed by atoms with van der Waals surface area (Å²) in [5.74, 6) is -0.618. The molecule has 5 nitrogen and oxygen atoms in total. The van der Waals surface area contributed by atoms with E-state index in [0.29, 0.717) is 26.1 Å². The Morgan fingerprint density at radius 2 is 1.74 bits per heavy atom. The highest BCUT2D eigenvalue weighted by molar-refractivity contribution is 6.74. The van der Waals surface area contributed by atoms with E-state index in [0.717, 1.165) is 0 Å². The lowest BCUT2D eigenvalue weighted by molar-refractivity contribution is -0.150. The van der Waals surface area contributed by atoms with Crippen LogP contribution in [0.4, 0.5) is 0 Å². The molecule has 0 aromatic rings. The molecule has 1 aliphatic carbocycles. The monoisotopic (exact) mass is 395 g/mol. The van der Waals surface area contributed by atoms with Crippen molar-refractivity contribution in [2.45, 2.75) is 66.1 Å². The van der Waals surface area contributed by atoms with Gasteiger partial charge < -0.3 is 14.1 Å². The summed E-state index contributed by atoms with van der Waals surface area (Å²) < 4.78 is 11.2. The molecule has 1 rings (SSSR count). The number of rotatable bonds is 9. The highest BCUT2D eigenvalue weighted by Gasteiger charge is 2.63. The van der Waals surface area contributed by atoms with Crippen LogP contribution in [0.5, 0.6) is 0 Å². The third kappa shape index (κ3) is 5.47. The van der Waals surface area contributed by atoms with Crippen LogP contribution in [-0.4, -0.2) is 44.8 Å². The van der Waals surface area contributed by atoms with Crippen molar-refractivity contribution in [2.75, 3.05) is 19.7 Å². The minimum Gasteiger partial charge on any atom is -0.549 e. The van der Waals surface area contributed by atoms with Gasteiger partial charge in [0, 0.05) is 13.1 Å². The Hall–Kier alpha value is -1.56. The van der Waals surface area contributed by atoms with E-state index in [1.807, 2.05) is 19.9 Å². The number of ether oxygens (including phenoxy) is 1. The first-order valence-electron chi connectivity index (χ1n) is 9.95.